The molecule has 3 nitrogen and oxygen atoms in total. The highest BCUT2D eigenvalue weighted by Gasteiger charge is 1.99. The summed E-state index contributed by atoms with van der Waals surface area (Å²) in [6.07, 6.45) is 2.75. The van der Waals surface area contributed by atoms with Crippen LogP contribution in [0.25, 0.3) is 0 Å². The first-order chi connectivity index (χ1) is 4.18. The van der Waals surface area contributed by atoms with E-state index in [4.69, 9.17) is 10.2 Å². The lowest BCUT2D eigenvalue weighted by Gasteiger charge is -1.88. The van der Waals surface area contributed by atoms with Crippen molar-refractivity contribution in [2.24, 2.45) is 0 Å². The van der Waals surface area contributed by atoms with E-state index in [2.05, 4.69) is 0 Å². The summed E-state index contributed by atoms with van der Waals surface area (Å²) in [6, 6.07) is 0. The summed E-state index contributed by atoms with van der Waals surface area (Å²) in [5.74, 6) is -1.82. The lowest BCUT2D eigenvalue weighted by Crippen LogP contribution is -1.98. The van der Waals surface area contributed by atoms with Gasteiger partial charge in [-0.2, -0.15) is 0 Å². The van der Waals surface area contributed by atoms with Gasteiger partial charge in [-0.05, 0) is 12.5 Å². The van der Waals surface area contributed by atoms with Crippen LogP contribution in [0.4, 0.5) is 0 Å². The standard InChI is InChI=1S/C6H10O3/c1-2-3-4-5(7)6(8)9/h4,7H,2-3H2,1H3,(H,8,9)/b5-4-. The molecule has 0 radical (unpaired) electrons. The van der Waals surface area contributed by atoms with E-state index in [0.29, 0.717) is 6.42 Å². The molecule has 0 aliphatic heterocycles. The van der Waals surface area contributed by atoms with Crippen LogP contribution in [0.15, 0.2) is 11.8 Å². The number of hydrogen-bond donors (Lipinski definition) is 2. The van der Waals surface area contributed by atoms with E-state index in [1.807, 2.05) is 6.92 Å². The lowest BCUT2D eigenvalue weighted by atomic mass is 10.3. The van der Waals surface area contributed by atoms with Crippen molar-refractivity contribution >= 4 is 5.97 Å². The van der Waals surface area contributed by atoms with Gasteiger partial charge in [0.15, 0.2) is 5.76 Å². The molecule has 0 amide bonds. The summed E-state index contributed by atoms with van der Waals surface area (Å²) in [7, 11) is 0. The van der Waals surface area contributed by atoms with E-state index >= 15 is 0 Å². The third-order valence-electron chi connectivity index (χ3n) is 0.845. The molecule has 0 fully saturated rings. The smallest absolute Gasteiger partial charge is 0.370 e. The Morgan fingerprint density at radius 3 is 2.44 bits per heavy atom. The number of carboxylic acids is 1. The predicted molar refractivity (Wildman–Crippen MR) is 33.3 cm³/mol. The zero-order valence-electron chi connectivity index (χ0n) is 5.29. The van der Waals surface area contributed by atoms with Gasteiger partial charge in [0.25, 0.3) is 0 Å². The maximum atomic E-state index is 9.89. The number of hydrogen-bond acceptors (Lipinski definition) is 2. The van der Waals surface area contributed by atoms with Crippen molar-refractivity contribution in [3.05, 3.63) is 11.8 Å². The number of aliphatic hydroxyl groups is 1. The molecule has 0 aromatic carbocycles. The fourth-order valence-electron chi connectivity index (χ4n) is 0.368. The maximum Gasteiger partial charge on any atom is 0.370 e. The molecule has 0 spiro atoms. The molecular formula is C6H10O3. The minimum atomic E-state index is -1.26. The topological polar surface area (TPSA) is 57.5 Å². The second kappa shape index (κ2) is 3.95. The first-order valence-corrected chi connectivity index (χ1v) is 2.81. The molecular weight excluding hydrogens is 120 g/mol. The summed E-state index contributed by atoms with van der Waals surface area (Å²) in [5.41, 5.74) is 0. The van der Waals surface area contributed by atoms with Gasteiger partial charge in [0, 0.05) is 0 Å². The first-order valence-electron chi connectivity index (χ1n) is 2.81. The van der Waals surface area contributed by atoms with Crippen molar-refractivity contribution in [3.8, 4) is 0 Å². The van der Waals surface area contributed by atoms with E-state index in [0.717, 1.165) is 6.42 Å². The molecule has 0 bridgehead atoms. The van der Waals surface area contributed by atoms with Crippen molar-refractivity contribution in [2.45, 2.75) is 19.8 Å². The molecule has 0 aliphatic rings. The van der Waals surface area contributed by atoms with Gasteiger partial charge in [0.1, 0.15) is 0 Å². The molecule has 9 heavy (non-hydrogen) atoms. The van der Waals surface area contributed by atoms with Crippen LogP contribution in [0.2, 0.25) is 0 Å². The van der Waals surface area contributed by atoms with Crippen LogP contribution in [0, 0.1) is 0 Å². The number of unbranched alkanes of at least 4 members (excludes halogenated alkanes) is 1. The third-order valence-corrected chi connectivity index (χ3v) is 0.845. The minimum absolute atomic E-state index is 0.558. The van der Waals surface area contributed by atoms with Gasteiger partial charge >= 0.3 is 5.97 Å². The van der Waals surface area contributed by atoms with Gasteiger partial charge in [-0.25, -0.2) is 4.79 Å². The monoisotopic (exact) mass is 130 g/mol. The SMILES string of the molecule is CCC/C=C(\O)C(=O)O. The molecule has 0 atom stereocenters. The molecule has 0 aromatic rings. The van der Waals surface area contributed by atoms with Crippen LogP contribution in [0.1, 0.15) is 19.8 Å². The van der Waals surface area contributed by atoms with E-state index in [1.165, 1.54) is 6.08 Å². The Kier molecular flexibility index (Phi) is 3.51. The highest BCUT2D eigenvalue weighted by Crippen LogP contribution is 1.94. The minimum Gasteiger partial charge on any atom is -0.502 e. The molecule has 0 saturated carbocycles. The zero-order valence-corrected chi connectivity index (χ0v) is 5.29. The molecule has 0 aromatic heterocycles. The van der Waals surface area contributed by atoms with E-state index in [-0.39, 0.29) is 0 Å². The summed E-state index contributed by atoms with van der Waals surface area (Å²) in [4.78, 5) is 9.89. The molecule has 0 saturated heterocycles. The summed E-state index contributed by atoms with van der Waals surface area (Å²) >= 11 is 0. The Morgan fingerprint density at radius 1 is 1.56 bits per heavy atom. The summed E-state index contributed by atoms with van der Waals surface area (Å²) in [6.45, 7) is 1.91. The van der Waals surface area contributed by atoms with E-state index in [1.54, 1.807) is 0 Å². The van der Waals surface area contributed by atoms with Gasteiger partial charge in [-0.1, -0.05) is 13.3 Å². The number of allylic oxidation sites excluding steroid dienone is 1. The number of aliphatic hydroxyl groups excluding tert-OH is 1. The highest BCUT2D eigenvalue weighted by molar-refractivity contribution is 5.83. The number of aliphatic carboxylic acids is 1. The molecule has 2 N–H and O–H groups in total. The average molecular weight is 130 g/mol. The van der Waals surface area contributed by atoms with Crippen LogP contribution in [-0.4, -0.2) is 16.2 Å². The van der Waals surface area contributed by atoms with Gasteiger partial charge < -0.3 is 10.2 Å². The molecule has 0 heterocycles. The predicted octanol–water partition coefficient (Wildman–Crippen LogP) is 1.31. The molecule has 0 rings (SSSR count). The Balaban J connectivity index is 3.69. The quantitative estimate of drug-likeness (QED) is 0.447. The van der Waals surface area contributed by atoms with Crippen molar-refractivity contribution in [1.82, 2.24) is 0 Å². The molecule has 52 valence electrons. The molecule has 0 unspecified atom stereocenters. The van der Waals surface area contributed by atoms with Crippen LogP contribution >= 0.6 is 0 Å². The molecule has 0 aliphatic carbocycles. The van der Waals surface area contributed by atoms with Crippen molar-refractivity contribution in [1.29, 1.82) is 0 Å². The Morgan fingerprint density at radius 2 is 2.11 bits per heavy atom. The number of rotatable bonds is 3. The van der Waals surface area contributed by atoms with Gasteiger partial charge in [0.05, 0.1) is 0 Å². The highest BCUT2D eigenvalue weighted by atomic mass is 16.4. The van der Waals surface area contributed by atoms with Gasteiger partial charge in [0.2, 0.25) is 0 Å². The van der Waals surface area contributed by atoms with Crippen LogP contribution in [0.5, 0.6) is 0 Å². The van der Waals surface area contributed by atoms with Crippen LogP contribution in [-0.2, 0) is 4.79 Å². The van der Waals surface area contributed by atoms with Gasteiger partial charge in [-0.3, -0.25) is 0 Å². The number of carboxylic acid groups (broad SMARTS) is 1. The zero-order chi connectivity index (χ0) is 7.28. The second-order valence-electron chi connectivity index (χ2n) is 1.68. The van der Waals surface area contributed by atoms with E-state index in [9.17, 15) is 4.79 Å². The van der Waals surface area contributed by atoms with Crippen molar-refractivity contribution in [2.75, 3.05) is 0 Å². The maximum absolute atomic E-state index is 9.89. The fourth-order valence-corrected chi connectivity index (χ4v) is 0.368. The van der Waals surface area contributed by atoms with Crippen LogP contribution < -0.4 is 0 Å². The summed E-state index contributed by atoms with van der Waals surface area (Å²) < 4.78 is 0. The van der Waals surface area contributed by atoms with Crippen molar-refractivity contribution < 1.29 is 15.0 Å². The Bertz CT molecular complexity index is 126. The molecule has 3 heteroatoms. The lowest BCUT2D eigenvalue weighted by molar-refractivity contribution is -0.135. The van der Waals surface area contributed by atoms with Gasteiger partial charge in [-0.15, -0.1) is 0 Å². The summed E-state index contributed by atoms with van der Waals surface area (Å²) in [5, 5.41) is 16.6. The Hall–Kier alpha value is -0.990. The fraction of sp³-hybridized carbons (Fsp3) is 0.500. The second-order valence-corrected chi connectivity index (χ2v) is 1.68. The van der Waals surface area contributed by atoms with Crippen molar-refractivity contribution in [3.63, 3.8) is 0 Å². The average Bonchev–Trinajstić information content (AvgIpc) is 1.82. The van der Waals surface area contributed by atoms with Crippen LogP contribution in [0.3, 0.4) is 0 Å². The normalized spacial score (nSPS) is 11.4. The number of carbonyl (C=O) groups is 1. The Labute approximate surface area is 53.6 Å². The largest absolute Gasteiger partial charge is 0.502 e. The van der Waals surface area contributed by atoms with E-state index < -0.39 is 11.7 Å². The first kappa shape index (κ1) is 8.01. The third kappa shape index (κ3) is 3.58.